The van der Waals surface area contributed by atoms with E-state index in [0.29, 0.717) is 5.52 Å². The summed E-state index contributed by atoms with van der Waals surface area (Å²) >= 11 is 0. The van der Waals surface area contributed by atoms with Crippen LogP contribution in [0.25, 0.3) is 11.0 Å². The normalized spacial score (nSPS) is 12.8. The standard InChI is InChI=1S/C15H14FN3O/c1-8-2-4-10(16)7-11(8)14(17)9-3-5-12-13(6-9)19-15(20)18-12/h2-7,14H,17H2,1H3,(H2,18,19,20). The molecule has 0 aliphatic carbocycles. The Morgan fingerprint density at radius 3 is 2.65 bits per heavy atom. The molecule has 1 heterocycles. The van der Waals surface area contributed by atoms with Crippen molar-refractivity contribution in [1.29, 1.82) is 0 Å². The molecule has 0 bridgehead atoms. The third-order valence-electron chi connectivity index (χ3n) is 3.48. The van der Waals surface area contributed by atoms with E-state index < -0.39 is 6.04 Å². The maximum absolute atomic E-state index is 13.4. The van der Waals surface area contributed by atoms with Gasteiger partial charge in [-0.2, -0.15) is 0 Å². The summed E-state index contributed by atoms with van der Waals surface area (Å²) in [6, 6.07) is 9.57. The lowest BCUT2D eigenvalue weighted by atomic mass is 9.95. The van der Waals surface area contributed by atoms with E-state index in [4.69, 9.17) is 5.73 Å². The van der Waals surface area contributed by atoms with E-state index >= 15 is 0 Å². The molecule has 102 valence electrons. The molecule has 0 saturated carbocycles. The number of fused-ring (bicyclic) bond motifs is 1. The molecule has 2 aromatic carbocycles. The second kappa shape index (κ2) is 4.61. The van der Waals surface area contributed by atoms with Crippen molar-refractivity contribution in [2.45, 2.75) is 13.0 Å². The number of hydrogen-bond acceptors (Lipinski definition) is 2. The molecule has 0 radical (unpaired) electrons. The highest BCUT2D eigenvalue weighted by molar-refractivity contribution is 5.75. The number of aryl methyl sites for hydroxylation is 1. The van der Waals surface area contributed by atoms with Crippen molar-refractivity contribution in [2.24, 2.45) is 5.73 Å². The fraction of sp³-hybridized carbons (Fsp3) is 0.133. The first kappa shape index (κ1) is 12.6. The fourth-order valence-corrected chi connectivity index (χ4v) is 2.37. The van der Waals surface area contributed by atoms with Crippen molar-refractivity contribution in [1.82, 2.24) is 9.97 Å². The van der Waals surface area contributed by atoms with E-state index in [0.717, 1.165) is 22.2 Å². The predicted octanol–water partition coefficient (Wildman–Crippen LogP) is 2.35. The highest BCUT2D eigenvalue weighted by Gasteiger charge is 2.13. The van der Waals surface area contributed by atoms with Gasteiger partial charge in [-0.05, 0) is 47.9 Å². The summed E-state index contributed by atoms with van der Waals surface area (Å²) in [5.41, 5.74) is 9.86. The molecule has 1 aromatic heterocycles. The molecule has 1 atom stereocenters. The SMILES string of the molecule is Cc1ccc(F)cc1C(N)c1ccc2[nH]c(=O)[nH]c2c1. The summed E-state index contributed by atoms with van der Waals surface area (Å²) in [4.78, 5) is 16.6. The van der Waals surface area contributed by atoms with E-state index in [1.807, 2.05) is 19.1 Å². The van der Waals surface area contributed by atoms with Gasteiger partial charge in [-0.25, -0.2) is 9.18 Å². The summed E-state index contributed by atoms with van der Waals surface area (Å²) in [6.45, 7) is 1.89. The average molecular weight is 271 g/mol. The van der Waals surface area contributed by atoms with Crippen molar-refractivity contribution >= 4 is 11.0 Å². The van der Waals surface area contributed by atoms with Crippen molar-refractivity contribution in [3.05, 3.63) is 69.4 Å². The van der Waals surface area contributed by atoms with Gasteiger partial charge in [-0.3, -0.25) is 0 Å². The van der Waals surface area contributed by atoms with E-state index in [1.165, 1.54) is 12.1 Å². The Balaban J connectivity index is 2.09. The number of benzene rings is 2. The number of hydrogen-bond donors (Lipinski definition) is 3. The van der Waals surface area contributed by atoms with E-state index in [-0.39, 0.29) is 11.5 Å². The molecule has 0 saturated heterocycles. The van der Waals surface area contributed by atoms with Gasteiger partial charge in [0.15, 0.2) is 0 Å². The second-order valence-electron chi connectivity index (χ2n) is 4.86. The van der Waals surface area contributed by atoms with Gasteiger partial charge in [-0.1, -0.05) is 12.1 Å². The Bertz CT molecular complexity index is 834. The van der Waals surface area contributed by atoms with Gasteiger partial charge in [0.25, 0.3) is 0 Å². The average Bonchev–Trinajstić information content (AvgIpc) is 2.79. The van der Waals surface area contributed by atoms with Gasteiger partial charge < -0.3 is 15.7 Å². The predicted molar refractivity (Wildman–Crippen MR) is 76.1 cm³/mol. The quantitative estimate of drug-likeness (QED) is 0.669. The summed E-state index contributed by atoms with van der Waals surface area (Å²) in [7, 11) is 0. The van der Waals surface area contributed by atoms with Crippen LogP contribution in [-0.2, 0) is 0 Å². The van der Waals surface area contributed by atoms with Crippen LogP contribution >= 0.6 is 0 Å². The van der Waals surface area contributed by atoms with E-state index in [9.17, 15) is 9.18 Å². The number of nitrogens with one attached hydrogen (secondary N) is 2. The minimum atomic E-state index is -0.437. The Morgan fingerprint density at radius 2 is 1.85 bits per heavy atom. The Labute approximate surface area is 114 Å². The van der Waals surface area contributed by atoms with Gasteiger partial charge in [0, 0.05) is 0 Å². The molecule has 3 rings (SSSR count). The third-order valence-corrected chi connectivity index (χ3v) is 3.48. The van der Waals surface area contributed by atoms with Crippen LogP contribution in [0.4, 0.5) is 4.39 Å². The van der Waals surface area contributed by atoms with Crippen LogP contribution in [0.3, 0.4) is 0 Å². The highest BCUT2D eigenvalue weighted by Crippen LogP contribution is 2.25. The van der Waals surface area contributed by atoms with E-state index in [1.54, 1.807) is 12.1 Å². The highest BCUT2D eigenvalue weighted by atomic mass is 19.1. The van der Waals surface area contributed by atoms with Crippen LogP contribution in [0, 0.1) is 12.7 Å². The van der Waals surface area contributed by atoms with Crippen LogP contribution < -0.4 is 11.4 Å². The Kier molecular flexibility index (Phi) is 2.91. The van der Waals surface area contributed by atoms with Crippen molar-refractivity contribution < 1.29 is 4.39 Å². The molecule has 0 aliphatic rings. The topological polar surface area (TPSA) is 74.7 Å². The molecule has 4 nitrogen and oxygen atoms in total. The molecule has 5 heteroatoms. The lowest BCUT2D eigenvalue weighted by Gasteiger charge is -2.15. The minimum Gasteiger partial charge on any atom is -0.320 e. The monoisotopic (exact) mass is 271 g/mol. The maximum atomic E-state index is 13.4. The van der Waals surface area contributed by atoms with Crippen LogP contribution in [-0.4, -0.2) is 9.97 Å². The summed E-state index contributed by atoms with van der Waals surface area (Å²) < 4.78 is 13.4. The van der Waals surface area contributed by atoms with Gasteiger partial charge in [0.2, 0.25) is 0 Å². The Hall–Kier alpha value is -2.40. The third kappa shape index (κ3) is 2.12. The molecule has 0 spiro atoms. The molecule has 3 aromatic rings. The number of aromatic amines is 2. The first-order chi connectivity index (χ1) is 9.54. The van der Waals surface area contributed by atoms with Crippen molar-refractivity contribution in [3.8, 4) is 0 Å². The zero-order chi connectivity index (χ0) is 14.3. The van der Waals surface area contributed by atoms with Crippen LogP contribution in [0.15, 0.2) is 41.2 Å². The van der Waals surface area contributed by atoms with E-state index in [2.05, 4.69) is 9.97 Å². The van der Waals surface area contributed by atoms with Gasteiger partial charge in [-0.15, -0.1) is 0 Å². The first-order valence-electron chi connectivity index (χ1n) is 6.28. The van der Waals surface area contributed by atoms with Gasteiger partial charge >= 0.3 is 5.69 Å². The van der Waals surface area contributed by atoms with Crippen LogP contribution in [0.2, 0.25) is 0 Å². The van der Waals surface area contributed by atoms with Crippen LogP contribution in [0.5, 0.6) is 0 Å². The number of imidazole rings is 1. The number of nitrogens with two attached hydrogens (primary N) is 1. The summed E-state index contributed by atoms with van der Waals surface area (Å²) in [6.07, 6.45) is 0. The zero-order valence-corrected chi connectivity index (χ0v) is 10.9. The molecular formula is C15H14FN3O. The zero-order valence-electron chi connectivity index (χ0n) is 10.9. The lowest BCUT2D eigenvalue weighted by Crippen LogP contribution is -2.13. The minimum absolute atomic E-state index is 0.257. The second-order valence-corrected chi connectivity index (χ2v) is 4.86. The molecule has 20 heavy (non-hydrogen) atoms. The van der Waals surface area contributed by atoms with Crippen molar-refractivity contribution in [3.63, 3.8) is 0 Å². The molecule has 0 aliphatic heterocycles. The van der Waals surface area contributed by atoms with Gasteiger partial charge in [0.05, 0.1) is 17.1 Å². The first-order valence-corrected chi connectivity index (χ1v) is 6.28. The molecule has 1 unspecified atom stereocenters. The maximum Gasteiger partial charge on any atom is 0.323 e. The molecule has 4 N–H and O–H groups in total. The van der Waals surface area contributed by atoms with Crippen molar-refractivity contribution in [2.75, 3.05) is 0 Å². The molecule has 0 fully saturated rings. The summed E-state index contributed by atoms with van der Waals surface area (Å²) in [5, 5.41) is 0. The number of aromatic nitrogens is 2. The van der Waals surface area contributed by atoms with Crippen LogP contribution in [0.1, 0.15) is 22.7 Å². The number of rotatable bonds is 2. The molecular weight excluding hydrogens is 257 g/mol. The van der Waals surface area contributed by atoms with Gasteiger partial charge in [0.1, 0.15) is 5.82 Å². The molecule has 0 amide bonds. The smallest absolute Gasteiger partial charge is 0.320 e. The largest absolute Gasteiger partial charge is 0.323 e. The Morgan fingerprint density at radius 1 is 1.10 bits per heavy atom. The number of H-pyrrole nitrogens is 2. The fourth-order valence-electron chi connectivity index (χ4n) is 2.37. The number of halogens is 1. The lowest BCUT2D eigenvalue weighted by molar-refractivity contribution is 0.622. The summed E-state index contributed by atoms with van der Waals surface area (Å²) in [5.74, 6) is -0.308.